The molecular weight excluding hydrogens is 362 g/mol. The van der Waals surface area contributed by atoms with Gasteiger partial charge < -0.3 is 18.9 Å². The van der Waals surface area contributed by atoms with E-state index in [0.717, 1.165) is 5.56 Å². The van der Waals surface area contributed by atoms with E-state index in [4.69, 9.17) is 18.9 Å². The van der Waals surface area contributed by atoms with E-state index < -0.39 is 17.7 Å². The van der Waals surface area contributed by atoms with Crippen molar-refractivity contribution in [3.63, 3.8) is 0 Å². The smallest absolute Gasteiger partial charge is 0.412 e. The molecular formula is C21H25NO6. The van der Waals surface area contributed by atoms with Gasteiger partial charge in [0, 0.05) is 12.1 Å². The zero-order valence-electron chi connectivity index (χ0n) is 16.7. The molecule has 0 aromatic heterocycles. The van der Waals surface area contributed by atoms with Gasteiger partial charge in [0.25, 0.3) is 0 Å². The summed E-state index contributed by atoms with van der Waals surface area (Å²) >= 11 is 0. The molecule has 28 heavy (non-hydrogen) atoms. The highest BCUT2D eigenvalue weighted by Gasteiger charge is 2.22. The van der Waals surface area contributed by atoms with Gasteiger partial charge in [0.15, 0.2) is 11.5 Å². The van der Waals surface area contributed by atoms with Gasteiger partial charge in [-0.2, -0.15) is 0 Å². The number of carbonyl (C=O) groups excluding carboxylic acids is 2. The monoisotopic (exact) mass is 387 g/mol. The fraction of sp³-hybridized carbons (Fsp3) is 0.333. The molecule has 0 heterocycles. The molecule has 0 atom stereocenters. The molecule has 0 saturated heterocycles. The Bertz CT molecular complexity index is 827. The summed E-state index contributed by atoms with van der Waals surface area (Å²) in [6.07, 6.45) is -0.697. The number of hydrogen-bond donors (Lipinski definition) is 1. The van der Waals surface area contributed by atoms with Gasteiger partial charge in [-0.15, -0.1) is 0 Å². The Balaban J connectivity index is 2.28. The van der Waals surface area contributed by atoms with Crippen molar-refractivity contribution in [2.45, 2.75) is 33.0 Å². The molecule has 150 valence electrons. The molecule has 7 nitrogen and oxygen atoms in total. The van der Waals surface area contributed by atoms with E-state index in [1.54, 1.807) is 20.8 Å². The first kappa shape index (κ1) is 21.1. The minimum Gasteiger partial charge on any atom is -0.493 e. The molecule has 7 heteroatoms. The van der Waals surface area contributed by atoms with Crippen molar-refractivity contribution < 1.29 is 28.5 Å². The molecule has 0 aliphatic heterocycles. The van der Waals surface area contributed by atoms with Gasteiger partial charge in [0.05, 0.1) is 25.5 Å². The van der Waals surface area contributed by atoms with Crippen LogP contribution in [-0.4, -0.2) is 31.9 Å². The minimum absolute atomic E-state index is 0.0971. The topological polar surface area (TPSA) is 83.1 Å². The van der Waals surface area contributed by atoms with Gasteiger partial charge in [-0.3, -0.25) is 5.32 Å². The number of amides is 1. The Hall–Kier alpha value is -3.22. The van der Waals surface area contributed by atoms with Crippen molar-refractivity contribution in [2.24, 2.45) is 0 Å². The van der Waals surface area contributed by atoms with Crippen LogP contribution in [0.2, 0.25) is 0 Å². The zero-order chi connectivity index (χ0) is 20.7. The molecule has 0 fully saturated rings. The van der Waals surface area contributed by atoms with Crippen LogP contribution in [0, 0.1) is 0 Å². The van der Waals surface area contributed by atoms with Crippen LogP contribution in [0.3, 0.4) is 0 Å². The number of hydrogen-bond acceptors (Lipinski definition) is 6. The molecule has 0 unspecified atom stereocenters. The first-order chi connectivity index (χ1) is 13.2. The molecule has 2 aromatic carbocycles. The van der Waals surface area contributed by atoms with E-state index >= 15 is 0 Å². The zero-order valence-corrected chi connectivity index (χ0v) is 16.7. The van der Waals surface area contributed by atoms with Crippen LogP contribution >= 0.6 is 0 Å². The van der Waals surface area contributed by atoms with Crippen molar-refractivity contribution in [3.05, 3.63) is 53.6 Å². The summed E-state index contributed by atoms with van der Waals surface area (Å²) in [4.78, 5) is 24.8. The number of ether oxygens (including phenoxy) is 4. The summed E-state index contributed by atoms with van der Waals surface area (Å²) in [6.45, 7) is 5.34. The second-order valence-corrected chi connectivity index (χ2v) is 6.94. The van der Waals surface area contributed by atoms with Gasteiger partial charge >= 0.3 is 12.1 Å². The van der Waals surface area contributed by atoms with Crippen LogP contribution < -0.4 is 14.8 Å². The van der Waals surface area contributed by atoms with Crippen molar-refractivity contribution in [3.8, 4) is 11.5 Å². The largest absolute Gasteiger partial charge is 0.493 e. The normalized spacial score (nSPS) is 10.8. The third kappa shape index (κ3) is 5.90. The van der Waals surface area contributed by atoms with Gasteiger partial charge in [0.1, 0.15) is 12.2 Å². The Labute approximate surface area is 164 Å². The highest BCUT2D eigenvalue weighted by molar-refractivity contribution is 6.00. The summed E-state index contributed by atoms with van der Waals surface area (Å²) in [5.74, 6) is 0.0768. The van der Waals surface area contributed by atoms with Crippen LogP contribution in [-0.2, 0) is 16.1 Å². The molecule has 2 aromatic rings. The van der Waals surface area contributed by atoms with Crippen molar-refractivity contribution in [2.75, 3.05) is 19.5 Å². The maximum absolute atomic E-state index is 12.7. The first-order valence-corrected chi connectivity index (χ1v) is 8.70. The number of methoxy groups -OCH3 is 2. The Morgan fingerprint density at radius 1 is 0.964 bits per heavy atom. The lowest BCUT2D eigenvalue weighted by Crippen LogP contribution is -2.28. The number of nitrogens with one attached hydrogen (secondary N) is 1. The predicted molar refractivity (Wildman–Crippen MR) is 105 cm³/mol. The quantitative estimate of drug-likeness (QED) is 0.740. The van der Waals surface area contributed by atoms with E-state index in [0.29, 0.717) is 11.5 Å². The molecule has 0 bridgehead atoms. The average Bonchev–Trinajstić information content (AvgIpc) is 2.65. The summed E-state index contributed by atoms with van der Waals surface area (Å²) in [5.41, 5.74) is 0.483. The fourth-order valence-electron chi connectivity index (χ4n) is 2.37. The molecule has 1 amide bonds. The van der Waals surface area contributed by atoms with E-state index in [-0.39, 0.29) is 17.9 Å². The molecule has 0 spiro atoms. The summed E-state index contributed by atoms with van der Waals surface area (Å²) in [7, 11) is 2.92. The van der Waals surface area contributed by atoms with Gasteiger partial charge in [-0.1, -0.05) is 30.3 Å². The Morgan fingerprint density at radius 2 is 1.57 bits per heavy atom. The molecule has 0 radical (unpaired) electrons. The molecule has 1 N–H and O–H groups in total. The van der Waals surface area contributed by atoms with Crippen molar-refractivity contribution in [1.29, 1.82) is 0 Å². The van der Waals surface area contributed by atoms with Crippen molar-refractivity contribution >= 4 is 17.7 Å². The SMILES string of the molecule is COc1cc(NC(=O)OC(C)(C)C)c(C(=O)OCc2ccccc2)cc1OC. The van der Waals surface area contributed by atoms with Crippen molar-refractivity contribution in [1.82, 2.24) is 0 Å². The first-order valence-electron chi connectivity index (χ1n) is 8.70. The maximum atomic E-state index is 12.7. The lowest BCUT2D eigenvalue weighted by Gasteiger charge is -2.21. The molecule has 0 saturated carbocycles. The highest BCUT2D eigenvalue weighted by atomic mass is 16.6. The molecule has 0 aliphatic rings. The minimum atomic E-state index is -0.697. The molecule has 2 rings (SSSR count). The van der Waals surface area contributed by atoms with E-state index in [1.165, 1.54) is 26.4 Å². The summed E-state index contributed by atoms with van der Waals surface area (Å²) in [5, 5.41) is 2.57. The standard InChI is InChI=1S/C21H25NO6/c1-21(2,3)28-20(24)22-16-12-18(26-5)17(25-4)11-15(16)19(23)27-13-14-9-7-6-8-10-14/h6-12H,13H2,1-5H3,(H,22,24). The van der Waals surface area contributed by atoms with Crippen LogP contribution in [0.1, 0.15) is 36.7 Å². The van der Waals surface area contributed by atoms with Gasteiger partial charge in [-0.25, -0.2) is 9.59 Å². The second kappa shape index (κ2) is 9.12. The number of esters is 1. The molecule has 0 aliphatic carbocycles. The van der Waals surface area contributed by atoms with E-state index in [2.05, 4.69) is 5.32 Å². The van der Waals surface area contributed by atoms with E-state index in [1.807, 2.05) is 30.3 Å². The summed E-state index contributed by atoms with van der Waals surface area (Å²) < 4.78 is 21.2. The third-order valence-electron chi connectivity index (χ3n) is 3.59. The number of carbonyl (C=O) groups is 2. The third-order valence-corrected chi connectivity index (χ3v) is 3.59. The maximum Gasteiger partial charge on any atom is 0.412 e. The average molecular weight is 387 g/mol. The lowest BCUT2D eigenvalue weighted by molar-refractivity contribution is 0.0473. The number of rotatable bonds is 6. The van der Waals surface area contributed by atoms with Gasteiger partial charge in [0.2, 0.25) is 0 Å². The van der Waals surface area contributed by atoms with Gasteiger partial charge in [-0.05, 0) is 26.3 Å². The Kier molecular flexibility index (Phi) is 6.87. The van der Waals surface area contributed by atoms with E-state index in [9.17, 15) is 9.59 Å². The fourth-order valence-corrected chi connectivity index (χ4v) is 2.37. The van der Waals surface area contributed by atoms with Crippen LogP contribution in [0.5, 0.6) is 11.5 Å². The second-order valence-electron chi connectivity index (χ2n) is 6.94. The highest BCUT2D eigenvalue weighted by Crippen LogP contribution is 2.34. The Morgan fingerprint density at radius 3 is 2.14 bits per heavy atom. The lowest BCUT2D eigenvalue weighted by atomic mass is 10.1. The predicted octanol–water partition coefficient (Wildman–Crippen LogP) is 4.41. The van der Waals surface area contributed by atoms with Crippen LogP contribution in [0.15, 0.2) is 42.5 Å². The van der Waals surface area contributed by atoms with Crippen LogP contribution in [0.4, 0.5) is 10.5 Å². The number of benzene rings is 2. The number of anilines is 1. The van der Waals surface area contributed by atoms with Crippen LogP contribution in [0.25, 0.3) is 0 Å². The summed E-state index contributed by atoms with van der Waals surface area (Å²) in [6, 6.07) is 12.2.